The van der Waals surface area contributed by atoms with Gasteiger partial charge in [-0.05, 0) is 24.5 Å². The molecule has 0 unspecified atom stereocenters. The van der Waals surface area contributed by atoms with Crippen molar-refractivity contribution in [2.45, 2.75) is 19.3 Å². The number of nitro groups is 1. The van der Waals surface area contributed by atoms with E-state index in [-0.39, 0.29) is 17.9 Å². The Morgan fingerprint density at radius 2 is 2.24 bits per heavy atom. The van der Waals surface area contributed by atoms with Crippen LogP contribution in [0.4, 0.5) is 5.69 Å². The lowest BCUT2D eigenvalue weighted by Crippen LogP contribution is -1.98. The van der Waals surface area contributed by atoms with Crippen molar-refractivity contribution in [1.82, 2.24) is 0 Å². The van der Waals surface area contributed by atoms with Crippen molar-refractivity contribution in [1.29, 1.82) is 0 Å². The van der Waals surface area contributed by atoms with E-state index in [1.165, 1.54) is 19.2 Å². The summed E-state index contributed by atoms with van der Waals surface area (Å²) in [7, 11) is 1.37. The van der Waals surface area contributed by atoms with Gasteiger partial charge in [0.25, 0.3) is 0 Å². The Morgan fingerprint density at radius 1 is 1.53 bits per heavy atom. The van der Waals surface area contributed by atoms with E-state index in [4.69, 9.17) is 9.84 Å². The van der Waals surface area contributed by atoms with Crippen LogP contribution in [0.3, 0.4) is 0 Å². The lowest BCUT2D eigenvalue weighted by Gasteiger charge is -2.04. The molecule has 0 saturated carbocycles. The highest BCUT2D eigenvalue weighted by Crippen LogP contribution is 2.27. The Bertz CT molecular complexity index is 430. The van der Waals surface area contributed by atoms with E-state index in [1.807, 2.05) is 0 Å². The van der Waals surface area contributed by atoms with Gasteiger partial charge in [-0.15, -0.1) is 0 Å². The van der Waals surface area contributed by atoms with Gasteiger partial charge in [0.15, 0.2) is 5.75 Å². The summed E-state index contributed by atoms with van der Waals surface area (Å²) in [6.07, 6.45) is 1.01. The van der Waals surface area contributed by atoms with Crippen LogP contribution < -0.4 is 4.74 Å². The molecule has 0 bridgehead atoms. The first-order valence-electron chi connectivity index (χ1n) is 5.07. The number of ether oxygens (including phenoxy) is 1. The van der Waals surface area contributed by atoms with Crippen LogP contribution in [0.5, 0.6) is 5.75 Å². The van der Waals surface area contributed by atoms with Gasteiger partial charge in [0.05, 0.1) is 12.0 Å². The molecular weight excluding hydrogens is 226 g/mol. The summed E-state index contributed by atoms with van der Waals surface area (Å²) in [6.45, 7) is 0. The molecule has 0 aliphatic heterocycles. The number of rotatable bonds is 6. The predicted octanol–water partition coefficient (Wildman–Crippen LogP) is 2.01. The fraction of sp³-hybridized carbons (Fsp3) is 0.364. The van der Waals surface area contributed by atoms with Crippen molar-refractivity contribution in [3.63, 3.8) is 0 Å². The van der Waals surface area contributed by atoms with Crippen molar-refractivity contribution < 1.29 is 19.6 Å². The summed E-state index contributed by atoms with van der Waals surface area (Å²) in [5.74, 6) is -0.662. The van der Waals surface area contributed by atoms with Gasteiger partial charge in [-0.3, -0.25) is 14.9 Å². The summed E-state index contributed by atoms with van der Waals surface area (Å²) in [6, 6.07) is 4.64. The number of benzene rings is 1. The summed E-state index contributed by atoms with van der Waals surface area (Å²) in [5.41, 5.74) is 0.638. The molecule has 0 saturated heterocycles. The van der Waals surface area contributed by atoms with Crippen LogP contribution in [-0.4, -0.2) is 23.1 Å². The average Bonchev–Trinajstić information content (AvgIpc) is 2.28. The number of carboxylic acid groups (broad SMARTS) is 1. The van der Waals surface area contributed by atoms with E-state index in [9.17, 15) is 14.9 Å². The Balaban J connectivity index is 2.78. The minimum Gasteiger partial charge on any atom is -0.490 e. The molecule has 0 radical (unpaired) electrons. The summed E-state index contributed by atoms with van der Waals surface area (Å²) >= 11 is 0. The molecule has 0 heterocycles. The van der Waals surface area contributed by atoms with E-state index in [0.29, 0.717) is 12.8 Å². The second-order valence-electron chi connectivity index (χ2n) is 3.51. The quantitative estimate of drug-likeness (QED) is 0.605. The van der Waals surface area contributed by atoms with Crippen LogP contribution in [0, 0.1) is 10.1 Å². The van der Waals surface area contributed by atoms with Crippen molar-refractivity contribution in [3.8, 4) is 5.75 Å². The van der Waals surface area contributed by atoms with Gasteiger partial charge in [-0.25, -0.2) is 0 Å². The van der Waals surface area contributed by atoms with Crippen LogP contribution in [-0.2, 0) is 11.2 Å². The Labute approximate surface area is 98.0 Å². The van der Waals surface area contributed by atoms with E-state index < -0.39 is 10.9 Å². The van der Waals surface area contributed by atoms with Gasteiger partial charge < -0.3 is 9.84 Å². The maximum atomic E-state index is 10.7. The summed E-state index contributed by atoms with van der Waals surface area (Å²) in [4.78, 5) is 20.6. The first-order valence-corrected chi connectivity index (χ1v) is 5.07. The first-order chi connectivity index (χ1) is 8.04. The van der Waals surface area contributed by atoms with Crippen molar-refractivity contribution >= 4 is 11.7 Å². The molecule has 0 atom stereocenters. The Morgan fingerprint density at radius 3 is 2.76 bits per heavy atom. The molecule has 0 spiro atoms. The zero-order valence-electron chi connectivity index (χ0n) is 9.38. The highest BCUT2D eigenvalue weighted by atomic mass is 16.6. The van der Waals surface area contributed by atoms with Crippen LogP contribution in [0.15, 0.2) is 18.2 Å². The topological polar surface area (TPSA) is 89.7 Å². The molecule has 0 fully saturated rings. The third-order valence-electron chi connectivity index (χ3n) is 2.30. The van der Waals surface area contributed by atoms with Crippen LogP contribution in [0.25, 0.3) is 0 Å². The largest absolute Gasteiger partial charge is 0.490 e. The third-order valence-corrected chi connectivity index (χ3v) is 2.30. The van der Waals surface area contributed by atoms with Crippen LogP contribution in [0.1, 0.15) is 18.4 Å². The minimum atomic E-state index is -0.868. The predicted molar refractivity (Wildman–Crippen MR) is 60.2 cm³/mol. The maximum absolute atomic E-state index is 10.7. The Kier molecular flexibility index (Phi) is 4.45. The van der Waals surface area contributed by atoms with Gasteiger partial charge in [-0.2, -0.15) is 0 Å². The molecule has 0 aliphatic rings. The van der Waals surface area contributed by atoms with Crippen LogP contribution in [0.2, 0.25) is 0 Å². The second kappa shape index (κ2) is 5.83. The molecule has 0 amide bonds. The van der Waals surface area contributed by atoms with Gasteiger partial charge in [0, 0.05) is 12.5 Å². The number of nitrogens with zero attached hydrogens (tertiary/aromatic N) is 1. The molecule has 0 aromatic heterocycles. The monoisotopic (exact) mass is 239 g/mol. The number of methoxy groups -OCH3 is 1. The lowest BCUT2D eigenvalue weighted by atomic mass is 10.1. The molecule has 92 valence electrons. The van der Waals surface area contributed by atoms with E-state index in [2.05, 4.69) is 0 Å². The number of carbonyl (C=O) groups is 1. The minimum absolute atomic E-state index is 0.0554. The van der Waals surface area contributed by atoms with E-state index >= 15 is 0 Å². The summed E-state index contributed by atoms with van der Waals surface area (Å²) < 4.78 is 4.87. The lowest BCUT2D eigenvalue weighted by molar-refractivity contribution is -0.385. The van der Waals surface area contributed by atoms with E-state index in [0.717, 1.165) is 5.56 Å². The zero-order chi connectivity index (χ0) is 12.8. The number of aliphatic carboxylic acids is 1. The number of hydrogen-bond acceptors (Lipinski definition) is 4. The van der Waals surface area contributed by atoms with Crippen molar-refractivity contribution in [2.75, 3.05) is 7.11 Å². The molecule has 0 aliphatic carbocycles. The highest BCUT2D eigenvalue weighted by molar-refractivity contribution is 5.66. The third kappa shape index (κ3) is 3.75. The molecule has 1 aromatic carbocycles. The summed E-state index contributed by atoms with van der Waals surface area (Å²) in [5, 5.41) is 19.2. The normalized spacial score (nSPS) is 9.94. The standard InChI is InChI=1S/C11H13NO5/c1-17-10-6-5-8(3-2-4-11(13)14)7-9(10)12(15)16/h5-7H,2-4H2,1H3,(H,13,14). The SMILES string of the molecule is COc1ccc(CCCC(=O)O)cc1[N+](=O)[O-]. The van der Waals surface area contributed by atoms with Gasteiger partial charge >= 0.3 is 11.7 Å². The highest BCUT2D eigenvalue weighted by Gasteiger charge is 2.14. The molecule has 6 nitrogen and oxygen atoms in total. The molecule has 1 rings (SSSR count). The molecule has 1 N–H and O–H groups in total. The smallest absolute Gasteiger partial charge is 0.311 e. The second-order valence-corrected chi connectivity index (χ2v) is 3.51. The fourth-order valence-corrected chi connectivity index (χ4v) is 1.48. The number of nitro benzene ring substituents is 1. The molecule has 17 heavy (non-hydrogen) atoms. The maximum Gasteiger partial charge on any atom is 0.311 e. The van der Waals surface area contributed by atoms with Gasteiger partial charge in [0.2, 0.25) is 0 Å². The van der Waals surface area contributed by atoms with Gasteiger partial charge in [-0.1, -0.05) is 6.07 Å². The number of aryl methyl sites for hydroxylation is 1. The average molecular weight is 239 g/mol. The van der Waals surface area contributed by atoms with Crippen molar-refractivity contribution in [3.05, 3.63) is 33.9 Å². The van der Waals surface area contributed by atoms with Gasteiger partial charge in [0.1, 0.15) is 0 Å². The molecule has 1 aromatic rings. The Hall–Kier alpha value is -2.11. The van der Waals surface area contributed by atoms with E-state index in [1.54, 1.807) is 6.07 Å². The molecular formula is C11H13NO5. The van der Waals surface area contributed by atoms with Crippen molar-refractivity contribution in [2.24, 2.45) is 0 Å². The zero-order valence-corrected chi connectivity index (χ0v) is 9.38. The fourth-order valence-electron chi connectivity index (χ4n) is 1.48. The van der Waals surface area contributed by atoms with Crippen LogP contribution >= 0.6 is 0 Å². The number of carboxylic acids is 1. The number of hydrogen-bond donors (Lipinski definition) is 1. The molecule has 6 heteroatoms. The first kappa shape index (κ1) is 13.0.